The highest BCUT2D eigenvalue weighted by Crippen LogP contribution is 2.44. The Labute approximate surface area is 194 Å². The zero-order valence-electron chi connectivity index (χ0n) is 17.3. The van der Waals surface area contributed by atoms with E-state index in [0.717, 1.165) is 0 Å². The maximum absolute atomic E-state index is 12.7. The van der Waals surface area contributed by atoms with E-state index >= 15 is 0 Å². The smallest absolute Gasteiger partial charge is 0.258 e. The summed E-state index contributed by atoms with van der Waals surface area (Å²) in [6, 6.07) is 1.02. The summed E-state index contributed by atoms with van der Waals surface area (Å²) >= 11 is 12.6. The molecule has 1 aromatic carbocycles. The van der Waals surface area contributed by atoms with Crippen molar-refractivity contribution >= 4 is 46.7 Å². The van der Waals surface area contributed by atoms with Gasteiger partial charge in [0.15, 0.2) is 0 Å². The van der Waals surface area contributed by atoms with Crippen LogP contribution in [-0.2, 0) is 9.53 Å². The standard InChI is InChI=1S/C20H21Cl2N5O5/c1-4-15(28)25-11-8-32-9-12(11)26-20-23-6-10(7-24-20)19(29)27-18-16(21)13(30-2)5-14(31-3)17(18)22/h4-7,11-12H,1,8-9H2,2-3H3,(H,25,28)(H,27,29)(H,23,24,26)/t11-,12+/m0/s1. The second kappa shape index (κ2) is 10.5. The summed E-state index contributed by atoms with van der Waals surface area (Å²) in [4.78, 5) is 32.6. The second-order valence-electron chi connectivity index (χ2n) is 6.64. The molecule has 3 N–H and O–H groups in total. The van der Waals surface area contributed by atoms with Crippen LogP contribution < -0.4 is 25.4 Å². The van der Waals surface area contributed by atoms with Gasteiger partial charge in [-0.2, -0.15) is 0 Å². The van der Waals surface area contributed by atoms with Crippen LogP contribution in [0.3, 0.4) is 0 Å². The first kappa shape index (κ1) is 23.6. The number of rotatable bonds is 8. The van der Waals surface area contributed by atoms with Crippen molar-refractivity contribution in [3.8, 4) is 11.5 Å². The van der Waals surface area contributed by atoms with Crippen molar-refractivity contribution in [3.05, 3.63) is 46.7 Å². The first-order valence-electron chi connectivity index (χ1n) is 9.38. The highest BCUT2D eigenvalue weighted by molar-refractivity contribution is 6.41. The largest absolute Gasteiger partial charge is 0.495 e. The fourth-order valence-corrected chi connectivity index (χ4v) is 3.54. The van der Waals surface area contributed by atoms with Gasteiger partial charge in [0.1, 0.15) is 21.5 Å². The average Bonchev–Trinajstić information content (AvgIpc) is 3.23. The van der Waals surface area contributed by atoms with Gasteiger partial charge in [-0.1, -0.05) is 29.8 Å². The summed E-state index contributed by atoms with van der Waals surface area (Å²) < 4.78 is 15.8. The molecule has 2 amide bonds. The van der Waals surface area contributed by atoms with E-state index in [1.165, 1.54) is 38.8 Å². The third kappa shape index (κ3) is 5.21. The van der Waals surface area contributed by atoms with E-state index < -0.39 is 5.91 Å². The van der Waals surface area contributed by atoms with Crippen molar-refractivity contribution in [3.63, 3.8) is 0 Å². The van der Waals surface area contributed by atoms with E-state index in [1.54, 1.807) is 0 Å². The number of carbonyl (C=O) groups excluding carboxylic acids is 2. The molecule has 0 radical (unpaired) electrons. The van der Waals surface area contributed by atoms with Crippen LogP contribution in [0.25, 0.3) is 0 Å². The molecule has 1 aromatic heterocycles. The Kier molecular flexibility index (Phi) is 7.73. The van der Waals surface area contributed by atoms with E-state index in [4.69, 9.17) is 37.4 Å². The van der Waals surface area contributed by atoms with Crippen LogP contribution in [0, 0.1) is 0 Å². The average molecular weight is 482 g/mol. The fraction of sp³-hybridized carbons (Fsp3) is 0.300. The first-order valence-corrected chi connectivity index (χ1v) is 10.1. The van der Waals surface area contributed by atoms with E-state index in [2.05, 4.69) is 32.5 Å². The van der Waals surface area contributed by atoms with Gasteiger partial charge in [-0.3, -0.25) is 9.59 Å². The number of aromatic nitrogens is 2. The van der Waals surface area contributed by atoms with Crippen LogP contribution in [0.5, 0.6) is 11.5 Å². The molecule has 0 spiro atoms. The molecule has 170 valence electrons. The van der Waals surface area contributed by atoms with Crippen molar-refractivity contribution < 1.29 is 23.8 Å². The molecular weight excluding hydrogens is 461 g/mol. The Balaban J connectivity index is 1.71. The molecule has 1 aliphatic rings. The van der Waals surface area contributed by atoms with Crippen molar-refractivity contribution in [1.82, 2.24) is 15.3 Å². The predicted molar refractivity (Wildman–Crippen MR) is 120 cm³/mol. The third-order valence-electron chi connectivity index (χ3n) is 4.63. The van der Waals surface area contributed by atoms with Crippen molar-refractivity contribution in [2.75, 3.05) is 38.1 Å². The summed E-state index contributed by atoms with van der Waals surface area (Å²) in [6.07, 6.45) is 3.88. The summed E-state index contributed by atoms with van der Waals surface area (Å²) in [5, 5.41) is 8.74. The minimum absolute atomic E-state index is 0.125. The van der Waals surface area contributed by atoms with Gasteiger partial charge in [0.05, 0.1) is 50.8 Å². The predicted octanol–water partition coefficient (Wildman–Crippen LogP) is 2.53. The molecule has 1 saturated heterocycles. The quantitative estimate of drug-likeness (QED) is 0.491. The molecule has 0 unspecified atom stereocenters. The number of carbonyl (C=O) groups is 2. The van der Waals surface area contributed by atoms with Gasteiger partial charge >= 0.3 is 0 Å². The van der Waals surface area contributed by atoms with Crippen molar-refractivity contribution in [2.24, 2.45) is 0 Å². The molecule has 32 heavy (non-hydrogen) atoms. The molecular formula is C20H21Cl2N5O5. The fourth-order valence-electron chi connectivity index (χ4n) is 2.95. The van der Waals surface area contributed by atoms with E-state index in [-0.39, 0.29) is 56.7 Å². The van der Waals surface area contributed by atoms with Gasteiger partial charge in [-0.05, 0) is 6.08 Å². The lowest BCUT2D eigenvalue weighted by Crippen LogP contribution is -2.45. The summed E-state index contributed by atoms with van der Waals surface area (Å²) in [5.74, 6) is 0.0171. The molecule has 3 rings (SSSR count). The molecule has 0 aliphatic carbocycles. The number of anilines is 2. The van der Waals surface area contributed by atoms with Crippen LogP contribution in [0.1, 0.15) is 10.4 Å². The lowest BCUT2D eigenvalue weighted by atomic mass is 10.1. The van der Waals surface area contributed by atoms with Crippen LogP contribution in [0.15, 0.2) is 31.1 Å². The zero-order valence-corrected chi connectivity index (χ0v) is 18.8. The Morgan fingerprint density at radius 3 is 2.28 bits per heavy atom. The van der Waals surface area contributed by atoms with Gasteiger partial charge in [0.25, 0.3) is 5.91 Å². The van der Waals surface area contributed by atoms with Crippen LogP contribution >= 0.6 is 23.2 Å². The minimum atomic E-state index is -0.532. The number of methoxy groups -OCH3 is 2. The van der Waals surface area contributed by atoms with Gasteiger partial charge in [0.2, 0.25) is 11.9 Å². The molecule has 1 fully saturated rings. The van der Waals surface area contributed by atoms with E-state index in [9.17, 15) is 9.59 Å². The second-order valence-corrected chi connectivity index (χ2v) is 7.40. The number of halogens is 2. The Bertz CT molecular complexity index is 990. The van der Waals surface area contributed by atoms with Crippen LogP contribution in [0.2, 0.25) is 10.0 Å². The lowest BCUT2D eigenvalue weighted by Gasteiger charge is -2.19. The zero-order chi connectivity index (χ0) is 23.3. The topological polar surface area (TPSA) is 124 Å². The number of ether oxygens (including phenoxy) is 3. The summed E-state index contributed by atoms with van der Waals surface area (Å²) in [5.41, 5.74) is 0.310. The normalized spacial score (nSPS) is 17.4. The molecule has 2 atom stereocenters. The third-order valence-corrected chi connectivity index (χ3v) is 5.38. The minimum Gasteiger partial charge on any atom is -0.495 e. The highest BCUT2D eigenvalue weighted by Gasteiger charge is 2.29. The van der Waals surface area contributed by atoms with Gasteiger partial charge in [-0.25, -0.2) is 9.97 Å². The molecule has 10 nitrogen and oxygen atoms in total. The van der Waals surface area contributed by atoms with E-state index in [1.807, 2.05) is 0 Å². The first-order chi connectivity index (χ1) is 15.4. The molecule has 2 aromatic rings. The molecule has 12 heteroatoms. The molecule has 2 heterocycles. The maximum atomic E-state index is 12.7. The van der Waals surface area contributed by atoms with E-state index in [0.29, 0.717) is 13.2 Å². The van der Waals surface area contributed by atoms with Crippen LogP contribution in [-0.4, -0.2) is 61.3 Å². The summed E-state index contributed by atoms with van der Waals surface area (Å²) in [7, 11) is 2.87. The lowest BCUT2D eigenvalue weighted by molar-refractivity contribution is -0.117. The number of hydrogen-bond donors (Lipinski definition) is 3. The molecule has 0 bridgehead atoms. The number of nitrogens with zero attached hydrogens (tertiary/aromatic N) is 2. The Hall–Kier alpha value is -3.08. The SMILES string of the molecule is C=CC(=O)N[C@H]1COC[C@H]1Nc1ncc(C(=O)Nc2c(Cl)c(OC)cc(OC)c2Cl)cn1. The van der Waals surface area contributed by atoms with Gasteiger partial charge < -0.3 is 30.2 Å². The molecule has 0 saturated carbocycles. The highest BCUT2D eigenvalue weighted by atomic mass is 35.5. The van der Waals surface area contributed by atoms with Crippen molar-refractivity contribution in [2.45, 2.75) is 12.1 Å². The van der Waals surface area contributed by atoms with Crippen molar-refractivity contribution in [1.29, 1.82) is 0 Å². The van der Waals surface area contributed by atoms with Gasteiger partial charge in [-0.15, -0.1) is 0 Å². The monoisotopic (exact) mass is 481 g/mol. The number of benzene rings is 1. The Morgan fingerprint density at radius 1 is 1.12 bits per heavy atom. The maximum Gasteiger partial charge on any atom is 0.258 e. The number of nitrogens with one attached hydrogen (secondary N) is 3. The number of amides is 2. The molecule has 1 aliphatic heterocycles. The van der Waals surface area contributed by atoms with Crippen LogP contribution in [0.4, 0.5) is 11.6 Å². The van der Waals surface area contributed by atoms with Gasteiger partial charge in [0, 0.05) is 18.5 Å². The summed E-state index contributed by atoms with van der Waals surface area (Å²) in [6.45, 7) is 4.15. The Morgan fingerprint density at radius 2 is 1.72 bits per heavy atom. The number of hydrogen-bond acceptors (Lipinski definition) is 8.